The number of carbonyl (C=O) groups excluding carboxylic acids is 3. The van der Waals surface area contributed by atoms with Crippen LogP contribution in [0.25, 0.3) is 0 Å². The van der Waals surface area contributed by atoms with Gasteiger partial charge in [-0.15, -0.1) is 0 Å². The van der Waals surface area contributed by atoms with Crippen molar-refractivity contribution in [3.63, 3.8) is 0 Å². The van der Waals surface area contributed by atoms with Gasteiger partial charge in [0.05, 0.1) is 11.6 Å². The Morgan fingerprint density at radius 1 is 0.968 bits per heavy atom. The zero-order chi connectivity index (χ0) is 23.2. The highest BCUT2D eigenvalue weighted by Gasteiger charge is 2.24. The van der Waals surface area contributed by atoms with Gasteiger partial charge in [-0.2, -0.15) is 5.26 Å². The van der Waals surface area contributed by atoms with Crippen LogP contribution in [0.3, 0.4) is 0 Å². The smallest absolute Gasteiger partial charge is 0.329 e. The van der Waals surface area contributed by atoms with E-state index in [4.69, 9.17) is 10.00 Å². The number of anilines is 1. The molecule has 2 aromatic rings. The number of carbonyl (C=O) groups is 3. The number of nitriles is 1. The summed E-state index contributed by atoms with van der Waals surface area (Å²) in [5, 5.41) is 14.0. The van der Waals surface area contributed by atoms with Crippen LogP contribution >= 0.6 is 0 Å². The standard InChI is InChI=1S/C24H27N3O4/c1-15(26-22(29)18-8-10-19(11-9-18)24(3,4)5)23(30)31-16(2)21(28)27-20-12-6-17(14-25)7-13-20/h6-13,15-16H,1-5H3,(H,26,29)(H,27,28)/t15-,16-/m0/s1. The van der Waals surface area contributed by atoms with E-state index in [-0.39, 0.29) is 5.41 Å². The molecule has 0 fully saturated rings. The average molecular weight is 421 g/mol. The fourth-order valence-electron chi connectivity index (χ4n) is 2.66. The summed E-state index contributed by atoms with van der Waals surface area (Å²) in [6.45, 7) is 9.18. The Morgan fingerprint density at radius 2 is 1.55 bits per heavy atom. The van der Waals surface area contributed by atoms with Crippen molar-refractivity contribution < 1.29 is 19.1 Å². The van der Waals surface area contributed by atoms with Gasteiger partial charge in [0.25, 0.3) is 11.8 Å². The van der Waals surface area contributed by atoms with Crippen molar-refractivity contribution in [2.24, 2.45) is 0 Å². The minimum absolute atomic E-state index is 0.0272. The van der Waals surface area contributed by atoms with Gasteiger partial charge in [0, 0.05) is 11.3 Å². The first-order chi connectivity index (χ1) is 14.5. The fraction of sp³-hybridized carbons (Fsp3) is 0.333. The second-order valence-electron chi connectivity index (χ2n) is 8.28. The minimum Gasteiger partial charge on any atom is -0.451 e. The molecule has 2 aromatic carbocycles. The van der Waals surface area contributed by atoms with E-state index in [2.05, 4.69) is 31.4 Å². The second-order valence-corrected chi connectivity index (χ2v) is 8.28. The highest BCUT2D eigenvalue weighted by Crippen LogP contribution is 2.22. The van der Waals surface area contributed by atoms with Crippen LogP contribution in [0, 0.1) is 11.3 Å². The first-order valence-electron chi connectivity index (χ1n) is 9.94. The molecule has 0 heterocycles. The van der Waals surface area contributed by atoms with E-state index in [1.165, 1.54) is 13.8 Å². The van der Waals surface area contributed by atoms with Gasteiger partial charge in [0.15, 0.2) is 6.10 Å². The van der Waals surface area contributed by atoms with E-state index < -0.39 is 29.9 Å². The largest absolute Gasteiger partial charge is 0.451 e. The molecular formula is C24H27N3O4. The van der Waals surface area contributed by atoms with Crippen molar-refractivity contribution in [1.82, 2.24) is 5.32 Å². The predicted octanol–water partition coefficient (Wildman–Crippen LogP) is 3.54. The normalized spacial score (nSPS) is 12.8. The Hall–Kier alpha value is -3.66. The molecule has 7 heteroatoms. The number of benzene rings is 2. The SMILES string of the molecule is C[C@H](NC(=O)c1ccc(C(C)(C)C)cc1)C(=O)O[C@@H](C)C(=O)Nc1ccc(C#N)cc1. The number of rotatable bonds is 6. The maximum Gasteiger partial charge on any atom is 0.329 e. The highest BCUT2D eigenvalue weighted by atomic mass is 16.5. The lowest BCUT2D eigenvalue weighted by Crippen LogP contribution is -2.42. The van der Waals surface area contributed by atoms with Crippen LogP contribution in [0.15, 0.2) is 48.5 Å². The first-order valence-corrected chi connectivity index (χ1v) is 9.94. The second kappa shape index (κ2) is 9.90. The summed E-state index contributed by atoms with van der Waals surface area (Å²) in [7, 11) is 0. The molecule has 2 amide bonds. The Balaban J connectivity index is 1.89. The van der Waals surface area contributed by atoms with Gasteiger partial charge in [-0.3, -0.25) is 9.59 Å². The van der Waals surface area contributed by atoms with Gasteiger partial charge in [0.2, 0.25) is 0 Å². The maximum atomic E-state index is 12.4. The first kappa shape index (κ1) is 23.6. The van der Waals surface area contributed by atoms with Gasteiger partial charge >= 0.3 is 5.97 Å². The summed E-state index contributed by atoms with van der Waals surface area (Å²) in [6, 6.07) is 14.5. The Bertz CT molecular complexity index is 983. The van der Waals surface area contributed by atoms with Crippen molar-refractivity contribution in [1.29, 1.82) is 5.26 Å². The summed E-state index contributed by atoms with van der Waals surface area (Å²) in [5.74, 6) is -1.64. The van der Waals surface area contributed by atoms with Crippen molar-refractivity contribution in [3.8, 4) is 6.07 Å². The van der Waals surface area contributed by atoms with Gasteiger partial charge in [0.1, 0.15) is 6.04 Å². The quantitative estimate of drug-likeness (QED) is 0.694. The molecule has 0 saturated heterocycles. The zero-order valence-corrected chi connectivity index (χ0v) is 18.4. The molecule has 0 aliphatic rings. The van der Waals surface area contributed by atoms with Crippen LogP contribution in [0.1, 0.15) is 56.1 Å². The summed E-state index contributed by atoms with van der Waals surface area (Å²) < 4.78 is 5.17. The fourth-order valence-corrected chi connectivity index (χ4v) is 2.66. The lowest BCUT2D eigenvalue weighted by molar-refractivity contribution is -0.154. The summed E-state index contributed by atoms with van der Waals surface area (Å²) >= 11 is 0. The molecule has 162 valence electrons. The molecule has 31 heavy (non-hydrogen) atoms. The molecule has 0 aliphatic carbocycles. The number of hydrogen-bond donors (Lipinski definition) is 2. The van der Waals surface area contributed by atoms with Crippen LogP contribution in [-0.2, 0) is 19.7 Å². The van der Waals surface area contributed by atoms with E-state index in [1.807, 2.05) is 18.2 Å². The highest BCUT2D eigenvalue weighted by molar-refractivity contribution is 5.98. The molecule has 2 rings (SSSR count). The number of nitrogens with zero attached hydrogens (tertiary/aromatic N) is 1. The number of hydrogen-bond acceptors (Lipinski definition) is 5. The topological polar surface area (TPSA) is 108 Å². The number of ether oxygens (including phenoxy) is 1. The number of esters is 1. The predicted molar refractivity (Wildman–Crippen MR) is 117 cm³/mol. The molecule has 0 saturated carbocycles. The van der Waals surface area contributed by atoms with Crippen molar-refractivity contribution in [2.75, 3.05) is 5.32 Å². The number of amides is 2. The minimum atomic E-state index is -1.06. The average Bonchev–Trinajstić information content (AvgIpc) is 2.73. The Morgan fingerprint density at radius 3 is 2.06 bits per heavy atom. The molecule has 0 bridgehead atoms. The summed E-state index contributed by atoms with van der Waals surface area (Å²) in [6.07, 6.45) is -1.06. The van der Waals surface area contributed by atoms with Crippen LogP contribution in [0.5, 0.6) is 0 Å². The van der Waals surface area contributed by atoms with Gasteiger partial charge in [-0.1, -0.05) is 32.9 Å². The lowest BCUT2D eigenvalue weighted by Gasteiger charge is -2.20. The molecule has 0 unspecified atom stereocenters. The molecule has 7 nitrogen and oxygen atoms in total. The van der Waals surface area contributed by atoms with Crippen molar-refractivity contribution in [3.05, 3.63) is 65.2 Å². The van der Waals surface area contributed by atoms with Crippen LogP contribution in [-0.4, -0.2) is 29.9 Å². The van der Waals surface area contributed by atoms with E-state index in [0.29, 0.717) is 16.8 Å². The summed E-state index contributed by atoms with van der Waals surface area (Å²) in [4.78, 5) is 36.9. The van der Waals surface area contributed by atoms with Gasteiger partial charge in [-0.05, 0) is 61.2 Å². The monoisotopic (exact) mass is 421 g/mol. The third kappa shape index (κ3) is 6.68. The molecule has 0 aliphatic heterocycles. The van der Waals surface area contributed by atoms with Crippen molar-refractivity contribution >= 4 is 23.5 Å². The van der Waals surface area contributed by atoms with Crippen LogP contribution in [0.2, 0.25) is 0 Å². The Labute approximate surface area is 182 Å². The van der Waals surface area contributed by atoms with E-state index >= 15 is 0 Å². The van der Waals surface area contributed by atoms with E-state index in [1.54, 1.807) is 36.4 Å². The summed E-state index contributed by atoms with van der Waals surface area (Å²) in [5.41, 5.74) is 2.44. The third-order valence-corrected chi connectivity index (χ3v) is 4.66. The van der Waals surface area contributed by atoms with Crippen LogP contribution in [0.4, 0.5) is 5.69 Å². The number of nitrogens with one attached hydrogen (secondary N) is 2. The molecule has 2 N–H and O–H groups in total. The van der Waals surface area contributed by atoms with Gasteiger partial charge < -0.3 is 15.4 Å². The molecule has 2 atom stereocenters. The van der Waals surface area contributed by atoms with Crippen LogP contribution < -0.4 is 10.6 Å². The van der Waals surface area contributed by atoms with E-state index in [0.717, 1.165) is 5.56 Å². The molecule has 0 spiro atoms. The Kier molecular flexibility index (Phi) is 7.54. The van der Waals surface area contributed by atoms with Crippen molar-refractivity contribution in [2.45, 2.75) is 52.2 Å². The molecule has 0 radical (unpaired) electrons. The third-order valence-electron chi connectivity index (χ3n) is 4.66. The lowest BCUT2D eigenvalue weighted by atomic mass is 9.86. The van der Waals surface area contributed by atoms with E-state index in [9.17, 15) is 14.4 Å². The maximum absolute atomic E-state index is 12.4. The van der Waals surface area contributed by atoms with Gasteiger partial charge in [-0.25, -0.2) is 4.79 Å². The molecular weight excluding hydrogens is 394 g/mol. The zero-order valence-electron chi connectivity index (χ0n) is 18.4. The molecule has 0 aromatic heterocycles.